The average Bonchev–Trinajstić information content (AvgIpc) is 2.96. The van der Waals surface area contributed by atoms with E-state index in [0.29, 0.717) is 12.2 Å². The van der Waals surface area contributed by atoms with Crippen LogP contribution in [0.3, 0.4) is 0 Å². The molecule has 1 aromatic carbocycles. The number of amides is 3. The molecule has 0 bridgehead atoms. The molecule has 1 aliphatic heterocycles. The van der Waals surface area contributed by atoms with Crippen molar-refractivity contribution in [2.24, 2.45) is 5.92 Å². The average molecular weight is 356 g/mol. The van der Waals surface area contributed by atoms with Crippen LogP contribution in [0.15, 0.2) is 24.3 Å². The molecule has 1 saturated heterocycles. The van der Waals surface area contributed by atoms with Crippen molar-refractivity contribution in [2.75, 3.05) is 11.9 Å². The molecule has 7 nitrogen and oxygen atoms in total. The summed E-state index contributed by atoms with van der Waals surface area (Å²) in [6.45, 7) is 6.46. The van der Waals surface area contributed by atoms with Gasteiger partial charge in [0.25, 0.3) is 0 Å². The Hall–Kier alpha value is -2.88. The minimum Gasteiger partial charge on any atom is -0.351 e. The third kappa shape index (κ3) is 4.82. The fraction of sp³-hybridized carbons (Fsp3) is 0.474. The van der Waals surface area contributed by atoms with Gasteiger partial charge in [-0.15, -0.1) is 0 Å². The number of nitriles is 1. The maximum Gasteiger partial charge on any atom is 0.234 e. The predicted octanol–water partition coefficient (Wildman–Crippen LogP) is 1.80. The fourth-order valence-corrected chi connectivity index (χ4v) is 2.89. The van der Waals surface area contributed by atoms with Gasteiger partial charge < -0.3 is 15.5 Å². The van der Waals surface area contributed by atoms with Crippen LogP contribution < -0.4 is 10.6 Å². The molecule has 138 valence electrons. The number of hydrogen-bond donors (Lipinski definition) is 2. The van der Waals surface area contributed by atoms with E-state index in [9.17, 15) is 14.4 Å². The Labute approximate surface area is 153 Å². The number of benzene rings is 1. The summed E-state index contributed by atoms with van der Waals surface area (Å²) in [5.41, 5.74) is 1.02. The molecule has 2 N–H and O–H groups in total. The van der Waals surface area contributed by atoms with Crippen LogP contribution in [0.5, 0.6) is 0 Å². The highest BCUT2D eigenvalue weighted by molar-refractivity contribution is 5.97. The van der Waals surface area contributed by atoms with Gasteiger partial charge in [-0.05, 0) is 32.4 Å². The lowest BCUT2D eigenvalue weighted by atomic mass is 10.1. The van der Waals surface area contributed by atoms with Crippen LogP contribution >= 0.6 is 0 Å². The standard InChI is InChI=1S/C19H24N4O3/c1-19(2,3)23-12-14(10-17(23)25)18(26)22-15-7-5-4-6-13(15)11-21-16(24)8-9-20/h4-7,14H,8,10-12H2,1-3H3,(H,21,24)(H,22,26). The van der Waals surface area contributed by atoms with E-state index in [2.05, 4.69) is 10.6 Å². The van der Waals surface area contributed by atoms with Crippen molar-refractivity contribution < 1.29 is 14.4 Å². The monoisotopic (exact) mass is 356 g/mol. The number of anilines is 1. The normalized spacial score (nSPS) is 16.9. The Balaban J connectivity index is 2.03. The maximum absolute atomic E-state index is 12.6. The Morgan fingerprint density at radius 2 is 2.00 bits per heavy atom. The first-order valence-corrected chi connectivity index (χ1v) is 8.55. The molecule has 0 aliphatic carbocycles. The zero-order valence-corrected chi connectivity index (χ0v) is 15.3. The summed E-state index contributed by atoms with van der Waals surface area (Å²) in [4.78, 5) is 38.0. The van der Waals surface area contributed by atoms with Gasteiger partial charge >= 0.3 is 0 Å². The van der Waals surface area contributed by atoms with Crippen LogP contribution in [-0.4, -0.2) is 34.7 Å². The third-order valence-electron chi connectivity index (χ3n) is 4.30. The molecular formula is C19H24N4O3. The summed E-state index contributed by atoms with van der Waals surface area (Å²) < 4.78 is 0. The van der Waals surface area contributed by atoms with E-state index in [-0.39, 0.29) is 42.6 Å². The van der Waals surface area contributed by atoms with Gasteiger partial charge in [0.2, 0.25) is 17.7 Å². The van der Waals surface area contributed by atoms with Crippen molar-refractivity contribution in [3.63, 3.8) is 0 Å². The van der Waals surface area contributed by atoms with Crippen LogP contribution in [0.25, 0.3) is 0 Å². The lowest BCUT2D eigenvalue weighted by Gasteiger charge is -2.32. The zero-order valence-electron chi connectivity index (χ0n) is 15.3. The van der Waals surface area contributed by atoms with Gasteiger partial charge in [0.15, 0.2) is 0 Å². The summed E-state index contributed by atoms with van der Waals surface area (Å²) in [6.07, 6.45) is -0.00841. The molecule has 1 aromatic rings. The first-order valence-electron chi connectivity index (χ1n) is 8.55. The van der Waals surface area contributed by atoms with Crippen molar-refractivity contribution in [3.05, 3.63) is 29.8 Å². The third-order valence-corrected chi connectivity index (χ3v) is 4.30. The van der Waals surface area contributed by atoms with Gasteiger partial charge in [0.05, 0.1) is 12.0 Å². The quantitative estimate of drug-likeness (QED) is 0.840. The SMILES string of the molecule is CC(C)(C)N1CC(C(=O)Nc2ccccc2CNC(=O)CC#N)CC1=O. The molecule has 0 radical (unpaired) electrons. The molecule has 0 spiro atoms. The minimum atomic E-state index is -0.400. The number of nitrogens with zero attached hydrogens (tertiary/aromatic N) is 2. The molecule has 1 heterocycles. The van der Waals surface area contributed by atoms with E-state index < -0.39 is 5.92 Å². The largest absolute Gasteiger partial charge is 0.351 e. The number of likely N-dealkylation sites (tertiary alicyclic amines) is 1. The number of carbonyl (C=O) groups excluding carboxylic acids is 3. The summed E-state index contributed by atoms with van der Waals surface area (Å²) in [5, 5.41) is 14.0. The molecular weight excluding hydrogens is 332 g/mol. The molecule has 1 aliphatic rings. The number of nitrogens with one attached hydrogen (secondary N) is 2. The summed E-state index contributed by atoms with van der Waals surface area (Å²) >= 11 is 0. The van der Waals surface area contributed by atoms with E-state index in [1.54, 1.807) is 29.2 Å². The fourth-order valence-electron chi connectivity index (χ4n) is 2.89. The Morgan fingerprint density at radius 3 is 2.62 bits per heavy atom. The first-order chi connectivity index (χ1) is 12.2. The lowest BCUT2D eigenvalue weighted by Crippen LogP contribution is -2.42. The highest BCUT2D eigenvalue weighted by Crippen LogP contribution is 2.27. The molecule has 0 saturated carbocycles. The van der Waals surface area contributed by atoms with Crippen LogP contribution in [-0.2, 0) is 20.9 Å². The van der Waals surface area contributed by atoms with Gasteiger partial charge in [-0.2, -0.15) is 5.26 Å². The first kappa shape index (κ1) is 19.4. The molecule has 1 fully saturated rings. The topological polar surface area (TPSA) is 102 Å². The van der Waals surface area contributed by atoms with E-state index in [1.807, 2.05) is 26.8 Å². The molecule has 3 amide bonds. The van der Waals surface area contributed by atoms with Crippen LogP contribution in [0.2, 0.25) is 0 Å². The second kappa shape index (κ2) is 8.00. The summed E-state index contributed by atoms with van der Waals surface area (Å²) in [5.74, 6) is -0.991. The number of carbonyl (C=O) groups is 3. The van der Waals surface area contributed by atoms with Crippen molar-refractivity contribution in [1.29, 1.82) is 5.26 Å². The van der Waals surface area contributed by atoms with Crippen LogP contribution in [0, 0.1) is 17.2 Å². The van der Waals surface area contributed by atoms with E-state index in [1.165, 1.54) is 0 Å². The highest BCUT2D eigenvalue weighted by Gasteiger charge is 2.39. The Morgan fingerprint density at radius 1 is 1.31 bits per heavy atom. The highest BCUT2D eigenvalue weighted by atomic mass is 16.2. The molecule has 7 heteroatoms. The van der Waals surface area contributed by atoms with E-state index in [4.69, 9.17) is 5.26 Å². The van der Waals surface area contributed by atoms with Gasteiger partial charge in [0.1, 0.15) is 6.42 Å². The van der Waals surface area contributed by atoms with Crippen molar-refractivity contribution in [1.82, 2.24) is 10.2 Å². The minimum absolute atomic E-state index is 0.0188. The molecule has 0 aromatic heterocycles. The maximum atomic E-state index is 12.6. The van der Waals surface area contributed by atoms with Crippen LogP contribution in [0.4, 0.5) is 5.69 Å². The second-order valence-electron chi connectivity index (χ2n) is 7.33. The van der Waals surface area contributed by atoms with Crippen molar-refractivity contribution in [2.45, 2.75) is 45.7 Å². The van der Waals surface area contributed by atoms with Crippen molar-refractivity contribution >= 4 is 23.4 Å². The van der Waals surface area contributed by atoms with Gasteiger partial charge in [0, 0.05) is 30.7 Å². The van der Waals surface area contributed by atoms with E-state index in [0.717, 1.165) is 5.56 Å². The Bertz CT molecular complexity index is 746. The van der Waals surface area contributed by atoms with Gasteiger partial charge in [-0.25, -0.2) is 0 Å². The summed E-state index contributed by atoms with van der Waals surface area (Å²) in [7, 11) is 0. The van der Waals surface area contributed by atoms with Crippen LogP contribution in [0.1, 0.15) is 39.2 Å². The smallest absolute Gasteiger partial charge is 0.234 e. The van der Waals surface area contributed by atoms with Crippen molar-refractivity contribution in [3.8, 4) is 6.07 Å². The molecule has 2 rings (SSSR count). The van der Waals surface area contributed by atoms with Gasteiger partial charge in [-0.1, -0.05) is 18.2 Å². The number of para-hydroxylation sites is 1. The zero-order chi connectivity index (χ0) is 19.3. The second-order valence-corrected chi connectivity index (χ2v) is 7.33. The molecule has 1 atom stereocenters. The van der Waals surface area contributed by atoms with Gasteiger partial charge in [-0.3, -0.25) is 14.4 Å². The number of rotatable bonds is 5. The lowest BCUT2D eigenvalue weighted by molar-refractivity contribution is -0.131. The Kier molecular flexibility index (Phi) is 5.98. The predicted molar refractivity (Wildman–Crippen MR) is 96.7 cm³/mol. The summed E-state index contributed by atoms with van der Waals surface area (Å²) in [6, 6.07) is 8.93. The van der Waals surface area contributed by atoms with E-state index >= 15 is 0 Å². The number of hydrogen-bond acceptors (Lipinski definition) is 4. The molecule has 26 heavy (non-hydrogen) atoms. The molecule has 1 unspecified atom stereocenters.